The molecule has 4 aromatic rings. The number of ether oxygens (including phenoxy) is 2. The zero-order chi connectivity index (χ0) is 48.5. The lowest BCUT2D eigenvalue weighted by molar-refractivity contribution is -0.138. The molecule has 2 fully saturated rings. The van der Waals surface area contributed by atoms with Crippen molar-refractivity contribution in [3.05, 3.63) is 95.1 Å². The summed E-state index contributed by atoms with van der Waals surface area (Å²) >= 11 is 0. The Kier molecular flexibility index (Phi) is 13.6. The summed E-state index contributed by atoms with van der Waals surface area (Å²) in [6.07, 6.45) is 11.6. The number of methoxy groups -OCH3 is 2. The summed E-state index contributed by atoms with van der Waals surface area (Å²) in [5.41, 5.74) is 10.2. The molecule has 16 heteroatoms. The number of pyridine rings is 2. The number of hydrogen-bond acceptors (Lipinski definition) is 10. The van der Waals surface area contributed by atoms with Crippen LogP contribution in [0.4, 0.5) is 21.0 Å². The predicted octanol–water partition coefficient (Wildman–Crippen LogP) is 7.35. The van der Waals surface area contributed by atoms with Gasteiger partial charge in [0.05, 0.1) is 38.0 Å². The molecule has 4 aliphatic rings. The fourth-order valence-corrected chi connectivity index (χ4v) is 11.0. The van der Waals surface area contributed by atoms with Crippen LogP contribution in [-0.4, -0.2) is 101 Å². The number of fused-ring (bicyclic) bond motifs is 2. The number of alkyl carbamates (subject to hydrolysis) is 2. The standard InChI is InChI=1S/C52H62N8O8/c1-8-37(57-49(65)67-6)47(63)59-22-12-16-38(59)45(61)55-33-24-31(26-53-28-33)40-35-18-20-52(4,5)43(35)41(36-19-21-51(2,3)42(36)40)32-25-34(29-54-27-32)56-46(62)39-17-13-23-60(39)48(64)44(58-50(66)68-7)30-14-10-9-11-15-30/h9-11,14-15,24-29,37-39,44H,8,12-13,16-23H2,1-7H3,(H,55,61)(H,56,62)(H,57,65)(H,58,66)/t37-,38+,39+,44?/m1/s1. The third-order valence-corrected chi connectivity index (χ3v) is 14.3. The van der Waals surface area contributed by atoms with Crippen LogP contribution in [0.5, 0.6) is 0 Å². The molecule has 1 unspecified atom stereocenters. The van der Waals surface area contributed by atoms with Gasteiger partial charge in [-0.3, -0.25) is 29.1 Å². The van der Waals surface area contributed by atoms with Gasteiger partial charge in [0.15, 0.2) is 0 Å². The molecule has 2 aromatic carbocycles. The summed E-state index contributed by atoms with van der Waals surface area (Å²) in [5, 5.41) is 11.4. The third-order valence-electron chi connectivity index (χ3n) is 14.3. The predicted molar refractivity (Wildman–Crippen MR) is 257 cm³/mol. The molecule has 2 aliphatic carbocycles. The summed E-state index contributed by atoms with van der Waals surface area (Å²) in [5.74, 6) is -1.36. The van der Waals surface area contributed by atoms with Gasteiger partial charge in [0.2, 0.25) is 17.7 Å². The summed E-state index contributed by atoms with van der Waals surface area (Å²) in [6.45, 7) is 11.7. The van der Waals surface area contributed by atoms with E-state index in [9.17, 15) is 28.8 Å². The highest BCUT2D eigenvalue weighted by atomic mass is 16.5. The number of benzene rings is 2. The summed E-state index contributed by atoms with van der Waals surface area (Å²) in [4.78, 5) is 92.6. The molecule has 8 rings (SSSR count). The Labute approximate surface area is 397 Å². The first-order chi connectivity index (χ1) is 32.6. The molecule has 4 heterocycles. The molecular formula is C52H62N8O8. The second-order valence-corrected chi connectivity index (χ2v) is 19.6. The number of aromatic nitrogens is 2. The van der Waals surface area contributed by atoms with Crippen LogP contribution in [0, 0.1) is 0 Å². The number of carbonyl (C=O) groups excluding carboxylic acids is 6. The molecule has 68 heavy (non-hydrogen) atoms. The first-order valence-electron chi connectivity index (χ1n) is 23.7. The zero-order valence-electron chi connectivity index (χ0n) is 40.0. The maximum absolute atomic E-state index is 14.2. The second kappa shape index (κ2) is 19.4. The Morgan fingerprint density at radius 1 is 0.676 bits per heavy atom. The highest BCUT2D eigenvalue weighted by Crippen LogP contribution is 2.56. The van der Waals surface area contributed by atoms with Gasteiger partial charge < -0.3 is 40.5 Å². The van der Waals surface area contributed by atoms with E-state index in [1.165, 1.54) is 41.4 Å². The summed E-state index contributed by atoms with van der Waals surface area (Å²) < 4.78 is 9.57. The lowest BCUT2D eigenvalue weighted by atomic mass is 9.74. The normalized spacial score (nSPS) is 19.6. The number of hydrogen-bond donors (Lipinski definition) is 4. The van der Waals surface area contributed by atoms with E-state index in [4.69, 9.17) is 9.47 Å². The minimum absolute atomic E-state index is 0.211. The maximum atomic E-state index is 14.2. The Bertz CT molecular complexity index is 2630. The van der Waals surface area contributed by atoms with Gasteiger partial charge in [-0.05, 0) is 120 Å². The van der Waals surface area contributed by atoms with E-state index in [0.717, 1.165) is 47.9 Å². The second-order valence-electron chi connectivity index (χ2n) is 19.6. The van der Waals surface area contributed by atoms with Gasteiger partial charge in [0.1, 0.15) is 24.2 Å². The number of amides is 6. The Balaban J connectivity index is 1.09. The smallest absolute Gasteiger partial charge is 0.407 e. The van der Waals surface area contributed by atoms with E-state index in [0.29, 0.717) is 62.1 Å². The van der Waals surface area contributed by atoms with Crippen LogP contribution in [0.3, 0.4) is 0 Å². The number of nitrogens with zero attached hydrogens (tertiary/aromatic N) is 4. The molecule has 4 atom stereocenters. The molecule has 4 N–H and O–H groups in total. The zero-order valence-corrected chi connectivity index (χ0v) is 40.0. The Hall–Kier alpha value is -6.84. The van der Waals surface area contributed by atoms with Crippen LogP contribution in [0.15, 0.2) is 67.3 Å². The number of carbonyl (C=O) groups is 6. The summed E-state index contributed by atoms with van der Waals surface area (Å²) in [6, 6.07) is 9.57. The minimum atomic E-state index is -1.03. The monoisotopic (exact) mass is 926 g/mol. The molecule has 16 nitrogen and oxygen atoms in total. The Morgan fingerprint density at radius 2 is 1.15 bits per heavy atom. The van der Waals surface area contributed by atoms with Gasteiger partial charge >= 0.3 is 12.2 Å². The van der Waals surface area contributed by atoms with Gasteiger partial charge in [-0.25, -0.2) is 9.59 Å². The average Bonchev–Trinajstić information content (AvgIpc) is 4.15. The number of likely N-dealkylation sites (tertiary alicyclic amines) is 2. The molecule has 358 valence electrons. The number of rotatable bonds is 12. The highest BCUT2D eigenvalue weighted by molar-refractivity contribution is 6.01. The average molecular weight is 927 g/mol. The molecule has 2 aromatic heterocycles. The van der Waals surface area contributed by atoms with E-state index < -0.39 is 42.3 Å². The number of anilines is 2. The molecule has 0 bridgehead atoms. The molecular weight excluding hydrogens is 865 g/mol. The van der Waals surface area contributed by atoms with Crippen molar-refractivity contribution in [2.24, 2.45) is 0 Å². The van der Waals surface area contributed by atoms with Crippen molar-refractivity contribution < 1.29 is 38.2 Å². The fraction of sp³-hybridized carbons (Fsp3) is 0.462. The van der Waals surface area contributed by atoms with Crippen LogP contribution in [0.1, 0.15) is 113 Å². The molecule has 0 spiro atoms. The topological polar surface area (TPSA) is 201 Å². The van der Waals surface area contributed by atoms with Gasteiger partial charge in [-0.2, -0.15) is 0 Å². The largest absolute Gasteiger partial charge is 0.453 e. The lowest BCUT2D eigenvalue weighted by Gasteiger charge is -2.31. The van der Waals surface area contributed by atoms with Gasteiger partial charge in [0.25, 0.3) is 5.91 Å². The SMILES string of the molecule is CC[C@@H](NC(=O)OC)C(=O)N1CCC[C@H]1C(=O)Nc1cncc(-c2c3c(c(-c4cncc(NC(=O)[C@@H]5CCCN5C(=O)C(NC(=O)OC)c5ccccc5)c4)c4c2C(C)(C)CC4)C(C)(C)CC3)c1. The molecule has 6 amide bonds. The van der Waals surface area contributed by atoms with Crippen molar-refractivity contribution in [1.82, 2.24) is 30.4 Å². The summed E-state index contributed by atoms with van der Waals surface area (Å²) in [7, 11) is 2.49. The van der Waals surface area contributed by atoms with Crippen LogP contribution in [0.2, 0.25) is 0 Å². The van der Waals surface area contributed by atoms with Crippen molar-refractivity contribution >= 4 is 47.2 Å². The molecule has 2 saturated heterocycles. The first kappa shape index (κ1) is 47.6. The lowest BCUT2D eigenvalue weighted by Crippen LogP contribution is -2.52. The van der Waals surface area contributed by atoms with E-state index in [2.05, 4.69) is 58.9 Å². The van der Waals surface area contributed by atoms with Crippen molar-refractivity contribution in [3.8, 4) is 22.3 Å². The third kappa shape index (κ3) is 9.24. The van der Waals surface area contributed by atoms with E-state index in [-0.39, 0.29) is 28.6 Å². The molecule has 0 radical (unpaired) electrons. The van der Waals surface area contributed by atoms with Gasteiger partial charge in [-0.1, -0.05) is 65.0 Å². The Morgan fingerprint density at radius 3 is 1.62 bits per heavy atom. The van der Waals surface area contributed by atoms with Crippen LogP contribution >= 0.6 is 0 Å². The van der Waals surface area contributed by atoms with Crippen LogP contribution in [0.25, 0.3) is 22.3 Å². The quantitative estimate of drug-likeness (QED) is 0.111. The minimum Gasteiger partial charge on any atom is -0.453 e. The van der Waals surface area contributed by atoms with Crippen molar-refractivity contribution in [2.75, 3.05) is 37.9 Å². The maximum Gasteiger partial charge on any atom is 0.407 e. The first-order valence-corrected chi connectivity index (χ1v) is 23.7. The highest BCUT2D eigenvalue weighted by Gasteiger charge is 2.44. The van der Waals surface area contributed by atoms with E-state index in [1.54, 1.807) is 48.5 Å². The van der Waals surface area contributed by atoms with E-state index in [1.807, 2.05) is 30.6 Å². The number of nitrogens with one attached hydrogen (secondary N) is 4. The van der Waals surface area contributed by atoms with Crippen molar-refractivity contribution in [2.45, 2.75) is 127 Å². The van der Waals surface area contributed by atoms with Crippen molar-refractivity contribution in [3.63, 3.8) is 0 Å². The van der Waals surface area contributed by atoms with Crippen molar-refractivity contribution in [1.29, 1.82) is 0 Å². The van der Waals surface area contributed by atoms with Crippen LogP contribution < -0.4 is 21.3 Å². The van der Waals surface area contributed by atoms with Crippen LogP contribution in [-0.2, 0) is 52.3 Å². The molecule has 2 aliphatic heterocycles. The van der Waals surface area contributed by atoms with E-state index >= 15 is 0 Å². The van der Waals surface area contributed by atoms with Gasteiger partial charge in [0, 0.05) is 36.6 Å². The molecule has 0 saturated carbocycles. The van der Waals surface area contributed by atoms with Gasteiger partial charge in [-0.15, -0.1) is 0 Å². The fourth-order valence-electron chi connectivity index (χ4n) is 11.0.